The summed E-state index contributed by atoms with van der Waals surface area (Å²) in [6.45, 7) is 9.25. The molecule has 1 rings (SSSR count). The molecule has 102 valence electrons. The van der Waals surface area contributed by atoms with Gasteiger partial charge in [-0.15, -0.1) is 0 Å². The maximum Gasteiger partial charge on any atom is 0.0371 e. The van der Waals surface area contributed by atoms with Crippen LogP contribution in [0.2, 0.25) is 0 Å². The normalized spacial score (nSPS) is 14.2. The molecule has 1 aromatic rings. The minimum atomic E-state index is 0.633. The van der Waals surface area contributed by atoms with Crippen molar-refractivity contribution in [1.82, 2.24) is 0 Å². The first-order valence-electron chi connectivity index (χ1n) is 7.57. The molecule has 1 nitrogen and oxygen atoms in total. The molecule has 0 heterocycles. The van der Waals surface area contributed by atoms with E-state index >= 15 is 0 Å². The molecule has 0 amide bonds. The van der Waals surface area contributed by atoms with Crippen LogP contribution in [0.15, 0.2) is 30.3 Å². The smallest absolute Gasteiger partial charge is 0.0371 e. The number of rotatable bonds is 8. The fraction of sp³-hybridized carbons (Fsp3) is 0.647. The lowest BCUT2D eigenvalue weighted by Gasteiger charge is -2.38. The lowest BCUT2D eigenvalue weighted by atomic mass is 10.0. The number of para-hydroxylation sites is 1. The molecule has 2 atom stereocenters. The Morgan fingerprint density at radius 3 is 2.06 bits per heavy atom. The molecule has 0 N–H and O–H groups in total. The molecule has 0 saturated carbocycles. The van der Waals surface area contributed by atoms with Gasteiger partial charge >= 0.3 is 0 Å². The van der Waals surface area contributed by atoms with Gasteiger partial charge in [-0.3, -0.25) is 0 Å². The molecule has 2 unspecified atom stereocenters. The number of benzene rings is 1. The molecule has 0 spiro atoms. The molecule has 0 bridgehead atoms. The Morgan fingerprint density at radius 1 is 0.944 bits per heavy atom. The van der Waals surface area contributed by atoms with E-state index in [9.17, 15) is 0 Å². The van der Waals surface area contributed by atoms with Crippen LogP contribution in [0.25, 0.3) is 0 Å². The summed E-state index contributed by atoms with van der Waals surface area (Å²) < 4.78 is 0. The Bertz CT molecular complexity index is 307. The van der Waals surface area contributed by atoms with E-state index in [0.29, 0.717) is 12.1 Å². The summed E-state index contributed by atoms with van der Waals surface area (Å²) in [5.41, 5.74) is 1.39. The van der Waals surface area contributed by atoms with Crippen molar-refractivity contribution in [3.63, 3.8) is 0 Å². The summed E-state index contributed by atoms with van der Waals surface area (Å²) in [4.78, 5) is 2.65. The SMILES string of the molecule is CCCC(C)N(c1ccccc1)C(CC)CCC. The largest absolute Gasteiger partial charge is 0.366 e. The standard InChI is InChI=1S/C17H29N/c1-5-11-15(4)18(16(7-3)12-6-2)17-13-9-8-10-14-17/h8-10,13-16H,5-7,11-12H2,1-4H3. The summed E-state index contributed by atoms with van der Waals surface area (Å²) in [6.07, 6.45) is 6.32. The predicted molar refractivity (Wildman–Crippen MR) is 82.3 cm³/mol. The van der Waals surface area contributed by atoms with Gasteiger partial charge in [0.15, 0.2) is 0 Å². The second-order valence-corrected chi connectivity index (χ2v) is 5.23. The van der Waals surface area contributed by atoms with Crippen molar-refractivity contribution in [2.24, 2.45) is 0 Å². The van der Waals surface area contributed by atoms with Gasteiger partial charge in [0.05, 0.1) is 0 Å². The molecule has 18 heavy (non-hydrogen) atoms. The van der Waals surface area contributed by atoms with Crippen LogP contribution >= 0.6 is 0 Å². The van der Waals surface area contributed by atoms with Gasteiger partial charge in [0, 0.05) is 17.8 Å². The lowest BCUT2D eigenvalue weighted by molar-refractivity contribution is 0.462. The van der Waals surface area contributed by atoms with Gasteiger partial charge in [0.1, 0.15) is 0 Å². The van der Waals surface area contributed by atoms with Crippen LogP contribution in [0, 0.1) is 0 Å². The Labute approximate surface area is 113 Å². The van der Waals surface area contributed by atoms with Crippen LogP contribution < -0.4 is 4.90 Å². The summed E-state index contributed by atoms with van der Waals surface area (Å²) in [5, 5.41) is 0. The summed E-state index contributed by atoms with van der Waals surface area (Å²) >= 11 is 0. The van der Waals surface area contributed by atoms with E-state index in [0.717, 1.165) is 0 Å². The molecule has 1 aromatic carbocycles. The van der Waals surface area contributed by atoms with E-state index in [4.69, 9.17) is 0 Å². The van der Waals surface area contributed by atoms with Gasteiger partial charge in [-0.2, -0.15) is 0 Å². The fourth-order valence-electron chi connectivity index (χ4n) is 2.86. The molecule has 0 aliphatic carbocycles. The van der Waals surface area contributed by atoms with Crippen molar-refractivity contribution in [3.8, 4) is 0 Å². The first-order chi connectivity index (χ1) is 8.74. The molecule has 0 aliphatic heterocycles. The van der Waals surface area contributed by atoms with Gasteiger partial charge in [-0.25, -0.2) is 0 Å². The number of nitrogens with zero attached hydrogens (tertiary/aromatic N) is 1. The molecule has 1 heteroatoms. The van der Waals surface area contributed by atoms with Crippen LogP contribution in [0.5, 0.6) is 0 Å². The Balaban J connectivity index is 2.93. The summed E-state index contributed by atoms with van der Waals surface area (Å²) in [7, 11) is 0. The van der Waals surface area contributed by atoms with Crippen molar-refractivity contribution in [3.05, 3.63) is 30.3 Å². The van der Waals surface area contributed by atoms with Crippen LogP contribution in [0.4, 0.5) is 5.69 Å². The van der Waals surface area contributed by atoms with E-state index in [1.807, 2.05) is 0 Å². The van der Waals surface area contributed by atoms with Crippen LogP contribution in [0.1, 0.15) is 59.8 Å². The van der Waals surface area contributed by atoms with Crippen molar-refractivity contribution in [2.45, 2.75) is 71.9 Å². The van der Waals surface area contributed by atoms with E-state index in [1.54, 1.807) is 0 Å². The van der Waals surface area contributed by atoms with E-state index in [1.165, 1.54) is 37.8 Å². The maximum atomic E-state index is 2.65. The molecule has 0 fully saturated rings. The zero-order chi connectivity index (χ0) is 13.4. The van der Waals surface area contributed by atoms with Crippen molar-refractivity contribution < 1.29 is 0 Å². The fourth-order valence-corrected chi connectivity index (χ4v) is 2.86. The van der Waals surface area contributed by atoms with Crippen LogP contribution in [0.3, 0.4) is 0 Å². The zero-order valence-electron chi connectivity index (χ0n) is 12.5. The topological polar surface area (TPSA) is 3.24 Å². The van der Waals surface area contributed by atoms with Crippen LogP contribution in [-0.2, 0) is 0 Å². The second-order valence-electron chi connectivity index (χ2n) is 5.23. The molecule has 0 aliphatic rings. The Kier molecular flexibility index (Phi) is 6.85. The highest BCUT2D eigenvalue weighted by Gasteiger charge is 2.21. The lowest BCUT2D eigenvalue weighted by Crippen LogP contribution is -2.41. The Hall–Kier alpha value is -0.980. The van der Waals surface area contributed by atoms with E-state index in [-0.39, 0.29) is 0 Å². The van der Waals surface area contributed by atoms with E-state index in [2.05, 4.69) is 62.9 Å². The third-order valence-electron chi connectivity index (χ3n) is 3.72. The average molecular weight is 247 g/mol. The molecule has 0 radical (unpaired) electrons. The summed E-state index contributed by atoms with van der Waals surface area (Å²) in [6, 6.07) is 12.2. The van der Waals surface area contributed by atoms with Crippen molar-refractivity contribution in [2.75, 3.05) is 4.90 Å². The molecule has 0 saturated heterocycles. The van der Waals surface area contributed by atoms with Gasteiger partial charge < -0.3 is 4.90 Å². The molecule has 0 aromatic heterocycles. The quantitative estimate of drug-likeness (QED) is 0.605. The first-order valence-corrected chi connectivity index (χ1v) is 7.57. The van der Waals surface area contributed by atoms with Gasteiger partial charge in [-0.05, 0) is 38.3 Å². The molecular formula is C17H29N. The van der Waals surface area contributed by atoms with Gasteiger partial charge in [0.2, 0.25) is 0 Å². The predicted octanol–water partition coefficient (Wildman–Crippen LogP) is 5.26. The number of anilines is 1. The minimum Gasteiger partial charge on any atom is -0.366 e. The number of hydrogen-bond donors (Lipinski definition) is 0. The zero-order valence-corrected chi connectivity index (χ0v) is 12.5. The third-order valence-corrected chi connectivity index (χ3v) is 3.72. The highest BCUT2D eigenvalue weighted by Crippen LogP contribution is 2.25. The second kappa shape index (κ2) is 8.18. The van der Waals surface area contributed by atoms with Crippen molar-refractivity contribution >= 4 is 5.69 Å². The van der Waals surface area contributed by atoms with Gasteiger partial charge in [-0.1, -0.05) is 51.8 Å². The van der Waals surface area contributed by atoms with Crippen LogP contribution in [-0.4, -0.2) is 12.1 Å². The summed E-state index contributed by atoms with van der Waals surface area (Å²) in [5.74, 6) is 0. The third kappa shape index (κ3) is 4.04. The average Bonchev–Trinajstić information content (AvgIpc) is 2.39. The first kappa shape index (κ1) is 15.1. The highest BCUT2D eigenvalue weighted by atomic mass is 15.2. The molecular weight excluding hydrogens is 218 g/mol. The Morgan fingerprint density at radius 2 is 1.56 bits per heavy atom. The maximum absolute atomic E-state index is 2.65. The highest BCUT2D eigenvalue weighted by molar-refractivity contribution is 5.48. The van der Waals surface area contributed by atoms with E-state index < -0.39 is 0 Å². The number of hydrogen-bond acceptors (Lipinski definition) is 1. The monoisotopic (exact) mass is 247 g/mol. The van der Waals surface area contributed by atoms with Crippen molar-refractivity contribution in [1.29, 1.82) is 0 Å². The van der Waals surface area contributed by atoms with Gasteiger partial charge in [0.25, 0.3) is 0 Å². The minimum absolute atomic E-state index is 0.633.